The van der Waals surface area contributed by atoms with Crippen LogP contribution in [0.5, 0.6) is 0 Å². The van der Waals surface area contributed by atoms with E-state index in [0.717, 1.165) is 12.8 Å². The van der Waals surface area contributed by atoms with E-state index < -0.39 is 24.1 Å². The molecular weight excluding hydrogens is 263 g/mol. The number of aliphatic carboxylic acids is 1. The lowest BCUT2D eigenvalue weighted by Crippen LogP contribution is -2.47. The number of carbonyl (C=O) groups is 2. The molecule has 1 aliphatic carbocycles. The first-order valence-corrected chi connectivity index (χ1v) is 6.52. The predicted molar refractivity (Wildman–Crippen MR) is 70.6 cm³/mol. The molecule has 1 aliphatic rings. The molecule has 1 fully saturated rings. The van der Waals surface area contributed by atoms with Crippen molar-refractivity contribution in [2.24, 2.45) is 5.92 Å². The Morgan fingerprint density at radius 1 is 1.35 bits per heavy atom. The van der Waals surface area contributed by atoms with Crippen LogP contribution >= 0.6 is 0 Å². The highest BCUT2D eigenvalue weighted by molar-refractivity contribution is 5.83. The molecule has 0 aromatic heterocycles. The van der Waals surface area contributed by atoms with E-state index >= 15 is 0 Å². The molecule has 1 aromatic rings. The van der Waals surface area contributed by atoms with Crippen LogP contribution in [0.15, 0.2) is 24.3 Å². The van der Waals surface area contributed by atoms with Gasteiger partial charge in [-0.05, 0) is 43.4 Å². The molecule has 0 heterocycles. The number of hydrogen-bond acceptors (Lipinski definition) is 2. The number of carboxylic acids is 1. The zero-order valence-electron chi connectivity index (χ0n) is 11.1. The highest BCUT2D eigenvalue weighted by Crippen LogP contribution is 2.32. The minimum atomic E-state index is -1.03. The van der Waals surface area contributed by atoms with Crippen LogP contribution in [-0.4, -0.2) is 23.1 Å². The highest BCUT2D eigenvalue weighted by atomic mass is 19.1. The number of nitrogens with one attached hydrogen (secondary N) is 2. The number of urea groups is 1. The number of amides is 2. The van der Waals surface area contributed by atoms with Crippen molar-refractivity contribution < 1.29 is 19.1 Å². The summed E-state index contributed by atoms with van der Waals surface area (Å²) in [7, 11) is 0. The number of halogens is 1. The van der Waals surface area contributed by atoms with E-state index in [2.05, 4.69) is 10.6 Å². The van der Waals surface area contributed by atoms with Crippen molar-refractivity contribution in [3.05, 3.63) is 35.6 Å². The zero-order chi connectivity index (χ0) is 14.7. The second kappa shape index (κ2) is 5.90. The fourth-order valence-corrected chi connectivity index (χ4v) is 2.05. The lowest BCUT2D eigenvalue weighted by Gasteiger charge is -2.18. The van der Waals surface area contributed by atoms with Gasteiger partial charge in [-0.1, -0.05) is 12.1 Å². The summed E-state index contributed by atoms with van der Waals surface area (Å²) in [6.07, 6.45) is 1.63. The van der Waals surface area contributed by atoms with Crippen LogP contribution < -0.4 is 10.6 Å². The van der Waals surface area contributed by atoms with Crippen LogP contribution in [0.3, 0.4) is 0 Å². The Labute approximate surface area is 116 Å². The second-order valence-corrected chi connectivity index (χ2v) is 5.05. The molecule has 0 aliphatic heterocycles. The van der Waals surface area contributed by atoms with Gasteiger partial charge in [-0.25, -0.2) is 14.0 Å². The van der Waals surface area contributed by atoms with E-state index in [1.807, 2.05) is 0 Å². The van der Waals surface area contributed by atoms with Gasteiger partial charge in [-0.3, -0.25) is 0 Å². The Hall–Kier alpha value is -2.11. The van der Waals surface area contributed by atoms with Crippen molar-refractivity contribution in [3.63, 3.8) is 0 Å². The molecule has 0 radical (unpaired) electrons. The summed E-state index contributed by atoms with van der Waals surface area (Å²) in [4.78, 5) is 22.8. The third kappa shape index (κ3) is 3.69. The maximum atomic E-state index is 13.1. The summed E-state index contributed by atoms with van der Waals surface area (Å²) in [5.41, 5.74) is 0.624. The molecule has 2 unspecified atom stereocenters. The van der Waals surface area contributed by atoms with Crippen LogP contribution in [0.4, 0.5) is 9.18 Å². The fraction of sp³-hybridized carbons (Fsp3) is 0.429. The molecule has 2 amide bonds. The average Bonchev–Trinajstić information content (AvgIpc) is 3.19. The normalized spacial score (nSPS) is 17.1. The van der Waals surface area contributed by atoms with E-state index in [-0.39, 0.29) is 11.7 Å². The van der Waals surface area contributed by atoms with Crippen molar-refractivity contribution >= 4 is 12.0 Å². The van der Waals surface area contributed by atoms with E-state index in [0.29, 0.717) is 5.56 Å². The zero-order valence-corrected chi connectivity index (χ0v) is 11.1. The molecular formula is C14H17FN2O3. The molecule has 2 rings (SSSR count). The van der Waals surface area contributed by atoms with Crippen LogP contribution in [0.2, 0.25) is 0 Å². The van der Waals surface area contributed by atoms with E-state index in [4.69, 9.17) is 5.11 Å². The first kappa shape index (κ1) is 14.3. The quantitative estimate of drug-likeness (QED) is 0.772. The van der Waals surface area contributed by atoms with Crippen molar-refractivity contribution in [1.29, 1.82) is 0 Å². The van der Waals surface area contributed by atoms with Gasteiger partial charge in [0.2, 0.25) is 0 Å². The average molecular weight is 280 g/mol. The summed E-state index contributed by atoms with van der Waals surface area (Å²) < 4.78 is 13.1. The van der Waals surface area contributed by atoms with Crippen LogP contribution in [0.25, 0.3) is 0 Å². The van der Waals surface area contributed by atoms with Gasteiger partial charge in [0.05, 0.1) is 6.04 Å². The topological polar surface area (TPSA) is 78.4 Å². The molecule has 0 saturated heterocycles. The summed E-state index contributed by atoms with van der Waals surface area (Å²) >= 11 is 0. The monoisotopic (exact) mass is 280 g/mol. The van der Waals surface area contributed by atoms with Gasteiger partial charge < -0.3 is 15.7 Å². The molecule has 2 atom stereocenters. The SMILES string of the molecule is CC(NC(=O)NC(C(=O)O)C1CC1)c1cccc(F)c1. The number of hydrogen-bond donors (Lipinski definition) is 3. The summed E-state index contributed by atoms with van der Waals surface area (Å²) in [6.45, 7) is 1.71. The van der Waals surface area contributed by atoms with Gasteiger partial charge in [0.15, 0.2) is 0 Å². The molecule has 0 bridgehead atoms. The standard InChI is InChI=1S/C14H17FN2O3/c1-8(10-3-2-4-11(15)7-10)16-14(20)17-12(13(18)19)9-5-6-9/h2-4,7-9,12H,5-6H2,1H3,(H,18,19)(H2,16,17,20). The lowest BCUT2D eigenvalue weighted by atomic mass is 10.1. The van der Waals surface area contributed by atoms with Crippen LogP contribution in [-0.2, 0) is 4.79 Å². The first-order chi connectivity index (χ1) is 9.47. The first-order valence-electron chi connectivity index (χ1n) is 6.52. The van der Waals surface area contributed by atoms with Gasteiger partial charge in [0.25, 0.3) is 0 Å². The Kier molecular flexibility index (Phi) is 4.22. The van der Waals surface area contributed by atoms with Gasteiger partial charge in [0, 0.05) is 0 Å². The molecule has 5 nitrogen and oxygen atoms in total. The fourth-order valence-electron chi connectivity index (χ4n) is 2.05. The molecule has 6 heteroatoms. The summed E-state index contributed by atoms with van der Waals surface area (Å²) in [6, 6.07) is 4.11. The third-order valence-corrected chi connectivity index (χ3v) is 3.34. The van der Waals surface area contributed by atoms with Crippen LogP contribution in [0.1, 0.15) is 31.4 Å². The van der Waals surface area contributed by atoms with Gasteiger partial charge in [0.1, 0.15) is 11.9 Å². The predicted octanol–water partition coefficient (Wildman–Crippen LogP) is 2.05. The third-order valence-electron chi connectivity index (χ3n) is 3.34. The Morgan fingerprint density at radius 3 is 2.60 bits per heavy atom. The molecule has 0 spiro atoms. The van der Waals surface area contributed by atoms with Crippen LogP contribution in [0, 0.1) is 11.7 Å². The lowest BCUT2D eigenvalue weighted by molar-refractivity contribution is -0.139. The molecule has 3 N–H and O–H groups in total. The number of benzene rings is 1. The smallest absolute Gasteiger partial charge is 0.326 e. The molecule has 1 aromatic carbocycles. The van der Waals surface area contributed by atoms with E-state index in [1.54, 1.807) is 19.1 Å². The number of carboxylic acid groups (broad SMARTS) is 1. The maximum absolute atomic E-state index is 13.1. The van der Waals surface area contributed by atoms with Crippen molar-refractivity contribution in [3.8, 4) is 0 Å². The maximum Gasteiger partial charge on any atom is 0.326 e. The molecule has 20 heavy (non-hydrogen) atoms. The Balaban J connectivity index is 1.92. The van der Waals surface area contributed by atoms with Crippen molar-refractivity contribution in [1.82, 2.24) is 10.6 Å². The highest BCUT2D eigenvalue weighted by Gasteiger charge is 2.37. The summed E-state index contributed by atoms with van der Waals surface area (Å²) in [5.74, 6) is -1.39. The summed E-state index contributed by atoms with van der Waals surface area (Å²) in [5, 5.41) is 14.1. The minimum absolute atomic E-state index is 0.0164. The van der Waals surface area contributed by atoms with Gasteiger partial charge >= 0.3 is 12.0 Å². The van der Waals surface area contributed by atoms with Crippen molar-refractivity contribution in [2.45, 2.75) is 31.8 Å². The number of carbonyl (C=O) groups excluding carboxylic acids is 1. The minimum Gasteiger partial charge on any atom is -0.480 e. The van der Waals surface area contributed by atoms with Gasteiger partial charge in [-0.15, -0.1) is 0 Å². The molecule has 1 saturated carbocycles. The molecule has 108 valence electrons. The van der Waals surface area contributed by atoms with Gasteiger partial charge in [-0.2, -0.15) is 0 Å². The van der Waals surface area contributed by atoms with E-state index in [9.17, 15) is 14.0 Å². The Morgan fingerprint density at radius 2 is 2.05 bits per heavy atom. The number of rotatable bonds is 5. The van der Waals surface area contributed by atoms with Crippen molar-refractivity contribution in [2.75, 3.05) is 0 Å². The largest absolute Gasteiger partial charge is 0.480 e. The Bertz CT molecular complexity index is 517. The van der Waals surface area contributed by atoms with E-state index in [1.165, 1.54) is 12.1 Å². The second-order valence-electron chi connectivity index (χ2n) is 5.05.